The van der Waals surface area contributed by atoms with E-state index in [0.29, 0.717) is 13.2 Å². The van der Waals surface area contributed by atoms with Crippen molar-refractivity contribution in [3.63, 3.8) is 0 Å². The molecule has 0 amide bonds. The minimum atomic E-state index is -0.891. The van der Waals surface area contributed by atoms with E-state index in [-0.39, 0.29) is 36.8 Å². The van der Waals surface area contributed by atoms with Gasteiger partial charge in [0.25, 0.3) is 0 Å². The van der Waals surface area contributed by atoms with Crippen molar-refractivity contribution >= 4 is 53.2 Å². The lowest BCUT2D eigenvalue weighted by Crippen LogP contribution is -2.30. The molecule has 0 aliphatic heterocycles. The molecule has 0 heterocycles. The van der Waals surface area contributed by atoms with E-state index in [1.54, 1.807) is 84.9 Å². The summed E-state index contributed by atoms with van der Waals surface area (Å²) in [6, 6.07) is 17.9. The van der Waals surface area contributed by atoms with Crippen LogP contribution in [0.5, 0.6) is 0 Å². The van der Waals surface area contributed by atoms with Gasteiger partial charge < -0.3 is 14.6 Å². The highest BCUT2D eigenvalue weighted by atomic mass is 32.2. The first-order chi connectivity index (χ1) is 22.8. The molecule has 0 atom stereocenters. The number of hydrogen-bond donors (Lipinski definition) is 1. The van der Waals surface area contributed by atoms with Crippen LogP contribution < -0.4 is 0 Å². The van der Waals surface area contributed by atoms with Gasteiger partial charge in [0.1, 0.15) is 31.7 Å². The predicted octanol–water partition coefficient (Wildman–Crippen LogP) is 11.4. The molecule has 6 nitrogen and oxygen atoms in total. The average molecular weight is 759 g/mol. The first-order valence-electron chi connectivity index (χ1n) is 15.7. The van der Waals surface area contributed by atoms with Gasteiger partial charge in [0.05, 0.1) is 13.2 Å². The van der Waals surface area contributed by atoms with Gasteiger partial charge in [-0.15, -0.1) is 35.3 Å². The molecule has 280 valence electrons. The Bertz CT molecular complexity index is 1410. The number of hydrogen-bond acceptors (Lipinski definition) is 8. The monoisotopic (exact) mass is 758 g/mol. The van der Waals surface area contributed by atoms with Crippen molar-refractivity contribution in [3.8, 4) is 0 Å². The predicted molar refractivity (Wildman–Crippen MR) is 203 cm³/mol. The van der Waals surface area contributed by atoms with Gasteiger partial charge in [0.15, 0.2) is 0 Å². The topological polar surface area (TPSA) is 89.9 Å². The first kappa shape index (κ1) is 49.0. The van der Waals surface area contributed by atoms with Crippen LogP contribution in [0.25, 0.3) is 0 Å². The molecule has 3 aromatic rings. The van der Waals surface area contributed by atoms with E-state index in [0.717, 1.165) is 21.1 Å². The number of ether oxygens (including phenoxy) is 2. The van der Waals surface area contributed by atoms with Crippen LogP contribution >= 0.6 is 35.3 Å². The molecule has 3 aromatic carbocycles. The maximum atomic E-state index is 12.7. The van der Waals surface area contributed by atoms with E-state index in [2.05, 4.69) is 0 Å². The Balaban J connectivity index is 0. The number of thioether (sulfide) groups is 3. The number of carbonyl (C=O) groups is 3. The maximum Gasteiger partial charge on any atom is 0.321 e. The third-order valence-corrected chi connectivity index (χ3v) is 9.33. The molecule has 0 aliphatic carbocycles. The van der Waals surface area contributed by atoms with Gasteiger partial charge in [-0.2, -0.15) is 0 Å². The van der Waals surface area contributed by atoms with Crippen molar-refractivity contribution in [2.24, 2.45) is 0 Å². The molecule has 12 heteroatoms. The summed E-state index contributed by atoms with van der Waals surface area (Å²) in [6.07, 6.45) is 0.809. The Morgan fingerprint density at radius 2 is 0.860 bits per heavy atom. The van der Waals surface area contributed by atoms with Crippen LogP contribution in [0, 0.1) is 17.5 Å². The quantitative estimate of drug-likeness (QED) is 0.143. The van der Waals surface area contributed by atoms with Crippen molar-refractivity contribution in [1.29, 1.82) is 0 Å². The van der Waals surface area contributed by atoms with Gasteiger partial charge in [-0.05, 0) is 128 Å². The molecule has 0 saturated heterocycles. The van der Waals surface area contributed by atoms with E-state index in [4.69, 9.17) is 14.6 Å². The molecule has 0 saturated carbocycles. The summed E-state index contributed by atoms with van der Waals surface area (Å²) in [5.41, 5.74) is 0. The zero-order valence-corrected chi connectivity index (χ0v) is 32.3. The lowest BCUT2D eigenvalue weighted by Gasteiger charge is -2.21. The molecule has 0 spiro atoms. The smallest absolute Gasteiger partial charge is 0.321 e. The zero-order valence-electron chi connectivity index (χ0n) is 29.9. The fourth-order valence-corrected chi connectivity index (χ4v) is 6.15. The van der Waals surface area contributed by atoms with Crippen molar-refractivity contribution in [3.05, 3.63) is 90.2 Å². The highest BCUT2D eigenvalue weighted by Crippen LogP contribution is 2.35. The van der Waals surface area contributed by atoms with E-state index in [9.17, 15) is 27.6 Å². The van der Waals surface area contributed by atoms with Gasteiger partial charge in [-0.25, -0.2) is 13.2 Å². The van der Waals surface area contributed by atoms with Crippen LogP contribution in [0.15, 0.2) is 87.5 Å². The van der Waals surface area contributed by atoms with Gasteiger partial charge in [0.2, 0.25) is 0 Å². The van der Waals surface area contributed by atoms with Crippen molar-refractivity contribution in [2.75, 3.05) is 13.2 Å². The zero-order chi connectivity index (χ0) is 37.8. The van der Waals surface area contributed by atoms with Gasteiger partial charge in [0, 0.05) is 14.7 Å². The summed E-state index contributed by atoms with van der Waals surface area (Å²) < 4.78 is 45.9. The standard InChI is InChI=1S/C13H17FO2S.C12H15FO2S.C10H11FO2S.C2H6.CH4/c1-4-9-16-12(15)13(2,3)17-11-7-5-10(14)6-8-11;1-4-15-11(14)12(2,3)16-10-7-5-9(13)6-8-10;1-10(2,9(12)13)14-8-5-3-7(11)4-6-8;1-2;/h5-8H,4,9H2,1-3H3;5-8H,4H2,1-3H3;3-6H,1-2H3,(H,12,13);1-2H3;1H4. The normalized spacial score (nSPS) is 10.7. The number of carbonyl (C=O) groups excluding carboxylic acids is 2. The molecule has 50 heavy (non-hydrogen) atoms. The first-order valence-corrected chi connectivity index (χ1v) is 18.2. The Morgan fingerprint density at radius 1 is 0.580 bits per heavy atom. The lowest BCUT2D eigenvalue weighted by molar-refractivity contribution is -0.146. The van der Waals surface area contributed by atoms with Crippen LogP contribution in [-0.4, -0.2) is 50.5 Å². The molecule has 0 bridgehead atoms. The molecule has 0 aromatic heterocycles. The summed E-state index contributed by atoms with van der Waals surface area (Å²) >= 11 is 3.93. The maximum absolute atomic E-state index is 12.7. The summed E-state index contributed by atoms with van der Waals surface area (Å²) in [5.74, 6) is -2.26. The molecule has 0 unspecified atom stereocenters. The molecule has 0 aliphatic rings. The second-order valence-corrected chi connectivity index (χ2v) is 16.4. The van der Waals surface area contributed by atoms with Crippen molar-refractivity contribution in [2.45, 2.75) is 112 Å². The summed E-state index contributed by atoms with van der Waals surface area (Å²) in [4.78, 5) is 36.6. The third-order valence-electron chi connectivity index (χ3n) is 5.77. The SMILES string of the molecule is C.CC.CC(C)(Sc1ccc(F)cc1)C(=O)O.CCCOC(=O)C(C)(C)Sc1ccc(F)cc1.CCOC(=O)C(C)(C)Sc1ccc(F)cc1. The van der Waals surface area contributed by atoms with Crippen LogP contribution in [0.3, 0.4) is 0 Å². The number of benzene rings is 3. The molecule has 0 fully saturated rings. The summed E-state index contributed by atoms with van der Waals surface area (Å²) in [7, 11) is 0. The second kappa shape index (κ2) is 24.2. The van der Waals surface area contributed by atoms with Crippen LogP contribution in [0.1, 0.15) is 83.1 Å². The van der Waals surface area contributed by atoms with Crippen LogP contribution in [0.2, 0.25) is 0 Å². The summed E-state index contributed by atoms with van der Waals surface area (Å²) in [6.45, 7) is 18.9. The summed E-state index contributed by atoms with van der Waals surface area (Å²) in [5, 5.41) is 8.86. The Kier molecular flexibility index (Phi) is 23.7. The van der Waals surface area contributed by atoms with Crippen molar-refractivity contribution in [1.82, 2.24) is 0 Å². The van der Waals surface area contributed by atoms with Gasteiger partial charge >= 0.3 is 17.9 Å². The van der Waals surface area contributed by atoms with Crippen molar-refractivity contribution < 1.29 is 42.1 Å². The average Bonchev–Trinajstić information content (AvgIpc) is 3.04. The third kappa shape index (κ3) is 19.3. The number of aliphatic carboxylic acids is 1. The minimum absolute atomic E-state index is 0. The highest BCUT2D eigenvalue weighted by molar-refractivity contribution is 8.01. The Hall–Kier alpha value is -3.09. The largest absolute Gasteiger partial charge is 0.480 e. The van der Waals surface area contributed by atoms with Crippen LogP contribution in [0.4, 0.5) is 13.2 Å². The molecular formula is C38H53F3O6S3. The van der Waals surface area contributed by atoms with E-state index in [1.165, 1.54) is 71.7 Å². The molecule has 0 radical (unpaired) electrons. The fourth-order valence-electron chi connectivity index (χ4n) is 3.19. The number of esters is 2. The minimum Gasteiger partial charge on any atom is -0.480 e. The Morgan fingerprint density at radius 3 is 1.12 bits per heavy atom. The second-order valence-electron chi connectivity index (χ2n) is 11.4. The fraction of sp³-hybridized carbons (Fsp3) is 0.447. The highest BCUT2D eigenvalue weighted by Gasteiger charge is 2.31. The van der Waals surface area contributed by atoms with E-state index in [1.807, 2.05) is 20.8 Å². The number of rotatable bonds is 12. The van der Waals surface area contributed by atoms with Gasteiger partial charge in [-0.1, -0.05) is 28.2 Å². The van der Waals surface area contributed by atoms with E-state index >= 15 is 0 Å². The number of carboxylic acids is 1. The van der Waals surface area contributed by atoms with Crippen LogP contribution in [-0.2, 0) is 23.9 Å². The number of halogens is 3. The lowest BCUT2D eigenvalue weighted by atomic mass is 10.2. The molecular weight excluding hydrogens is 706 g/mol. The van der Waals surface area contributed by atoms with E-state index < -0.39 is 20.2 Å². The Labute approximate surface area is 309 Å². The molecule has 3 rings (SSSR count). The number of carboxylic acid groups (broad SMARTS) is 1. The van der Waals surface area contributed by atoms with Gasteiger partial charge in [-0.3, -0.25) is 14.4 Å². The molecule has 1 N–H and O–H groups in total.